The predicted molar refractivity (Wildman–Crippen MR) is 158 cm³/mol. The number of hydrogen-bond acceptors (Lipinski definition) is 8. The highest BCUT2D eigenvalue weighted by molar-refractivity contribution is 6.39. The molecule has 2 fully saturated rings. The topological polar surface area (TPSA) is 123 Å². The van der Waals surface area contributed by atoms with Gasteiger partial charge in [0.1, 0.15) is 11.8 Å². The first-order valence-corrected chi connectivity index (χ1v) is 14.8. The van der Waals surface area contributed by atoms with Crippen molar-refractivity contribution < 1.29 is 41.4 Å². The molecule has 0 spiro atoms. The van der Waals surface area contributed by atoms with Gasteiger partial charge in [0.25, 0.3) is 0 Å². The van der Waals surface area contributed by atoms with E-state index in [-0.39, 0.29) is 43.3 Å². The summed E-state index contributed by atoms with van der Waals surface area (Å²) in [7, 11) is 1.53. The number of alkyl halides is 3. The van der Waals surface area contributed by atoms with Gasteiger partial charge in [0.15, 0.2) is 23.1 Å². The number of carbonyl (C=O) groups is 2. The number of hydrogen-bond donors (Lipinski definition) is 4. The van der Waals surface area contributed by atoms with E-state index < -0.39 is 29.8 Å². The fourth-order valence-corrected chi connectivity index (χ4v) is 5.40. The van der Waals surface area contributed by atoms with Crippen LogP contribution in [0.3, 0.4) is 0 Å². The Bertz CT molecular complexity index is 1510. The van der Waals surface area contributed by atoms with Crippen molar-refractivity contribution >= 4 is 28.4 Å². The highest BCUT2D eigenvalue weighted by Gasteiger charge is 2.41. The Hall–Kier alpha value is -4.17. The molecule has 2 atom stereocenters. The fourth-order valence-electron chi connectivity index (χ4n) is 5.40. The van der Waals surface area contributed by atoms with E-state index in [1.807, 2.05) is 0 Å². The van der Waals surface area contributed by atoms with Gasteiger partial charge >= 0.3 is 18.0 Å². The molecule has 45 heavy (non-hydrogen) atoms. The molecular weight excluding hydrogens is 598 g/mol. The van der Waals surface area contributed by atoms with Gasteiger partial charge in [-0.25, -0.2) is 4.39 Å². The van der Waals surface area contributed by atoms with E-state index in [9.17, 15) is 22.8 Å². The normalized spacial score (nSPS) is 19.1. The van der Waals surface area contributed by atoms with Crippen LogP contribution in [0.25, 0.3) is 10.9 Å². The summed E-state index contributed by atoms with van der Waals surface area (Å²) in [5, 5.41) is 11.1. The molecule has 0 saturated carbocycles. The number of aromatic nitrogens is 1. The maximum Gasteiger partial charge on any atom is 0.403 e. The van der Waals surface area contributed by atoms with Gasteiger partial charge in [-0.05, 0) is 74.9 Å². The first kappa shape index (κ1) is 32.2. The first-order chi connectivity index (χ1) is 21.6. The van der Waals surface area contributed by atoms with Crippen LogP contribution in [0, 0.1) is 17.7 Å². The summed E-state index contributed by atoms with van der Waals surface area (Å²) in [5.41, 5.74) is 0.581. The summed E-state index contributed by atoms with van der Waals surface area (Å²) in [6.07, 6.45) is -0.593. The fraction of sp³-hybridized carbons (Fsp3) is 0.452. The molecule has 14 heteroatoms. The van der Waals surface area contributed by atoms with Crippen LogP contribution in [0.1, 0.15) is 25.7 Å². The van der Waals surface area contributed by atoms with E-state index in [0.29, 0.717) is 40.7 Å². The van der Waals surface area contributed by atoms with Crippen LogP contribution >= 0.6 is 0 Å². The minimum atomic E-state index is -4.32. The zero-order chi connectivity index (χ0) is 32.0. The van der Waals surface area contributed by atoms with E-state index in [1.54, 1.807) is 18.2 Å². The number of fused-ring (bicyclic) bond motifs is 1. The Labute approximate surface area is 257 Å². The molecular formula is C31H35F4N5O5. The number of nitrogens with zero attached hydrogens (tertiary/aromatic N) is 1. The summed E-state index contributed by atoms with van der Waals surface area (Å²) in [5.74, 6) is -1.40. The van der Waals surface area contributed by atoms with Gasteiger partial charge in [-0.3, -0.25) is 14.6 Å². The number of anilines is 1. The highest BCUT2D eigenvalue weighted by Crippen LogP contribution is 2.38. The minimum Gasteiger partial charge on any atom is -0.493 e. The van der Waals surface area contributed by atoms with Crippen LogP contribution < -0.4 is 35.5 Å². The molecule has 0 radical (unpaired) electrons. The lowest BCUT2D eigenvalue weighted by molar-refractivity contribution is -0.162. The third-order valence-electron chi connectivity index (χ3n) is 8.00. The van der Waals surface area contributed by atoms with E-state index >= 15 is 4.39 Å². The van der Waals surface area contributed by atoms with Crippen LogP contribution in [0.2, 0.25) is 0 Å². The van der Waals surface area contributed by atoms with Gasteiger partial charge in [0.2, 0.25) is 0 Å². The van der Waals surface area contributed by atoms with Crippen molar-refractivity contribution in [3.05, 3.63) is 48.4 Å². The van der Waals surface area contributed by atoms with Crippen molar-refractivity contribution in [2.75, 3.05) is 45.2 Å². The summed E-state index contributed by atoms with van der Waals surface area (Å²) >= 11 is 0. The number of pyridine rings is 1. The molecule has 0 aliphatic carbocycles. The maximum absolute atomic E-state index is 15.1. The molecule has 242 valence electrons. The molecule has 10 nitrogen and oxygen atoms in total. The van der Waals surface area contributed by atoms with Crippen LogP contribution in [0.15, 0.2) is 42.6 Å². The zero-order valence-electron chi connectivity index (χ0n) is 24.6. The van der Waals surface area contributed by atoms with Crippen molar-refractivity contribution in [1.82, 2.24) is 20.9 Å². The standard InChI is InChI=1S/C31H35F4N5O5/c1-43-26-13-21-23(14-27(26)44-17-18-6-9-36-10-7-18)37-11-8-24(21)45-25-4-3-20(12-22(25)32)40-30(42)29(41)39-16-19-2-5-28(38-15-19)31(33,34)35/h3-4,8,11-14,18-19,28,36,38H,2,5-7,9-10,15-17H2,1H3,(H,39,41)(H,40,42). The van der Waals surface area contributed by atoms with E-state index in [2.05, 4.69) is 26.3 Å². The van der Waals surface area contributed by atoms with Crippen molar-refractivity contribution in [2.45, 2.75) is 37.9 Å². The van der Waals surface area contributed by atoms with Crippen molar-refractivity contribution in [3.63, 3.8) is 0 Å². The van der Waals surface area contributed by atoms with Gasteiger partial charge in [0, 0.05) is 42.5 Å². The van der Waals surface area contributed by atoms with E-state index in [1.165, 1.54) is 25.4 Å². The number of nitrogens with one attached hydrogen (secondary N) is 4. The maximum atomic E-state index is 15.1. The largest absolute Gasteiger partial charge is 0.493 e. The van der Waals surface area contributed by atoms with E-state index in [4.69, 9.17) is 14.2 Å². The Balaban J connectivity index is 1.18. The molecule has 2 unspecified atom stereocenters. The number of benzene rings is 2. The number of halogens is 4. The summed E-state index contributed by atoms with van der Waals surface area (Å²) in [6, 6.07) is 7.19. The lowest BCUT2D eigenvalue weighted by Crippen LogP contribution is -2.50. The van der Waals surface area contributed by atoms with Gasteiger partial charge < -0.3 is 35.5 Å². The second-order valence-corrected chi connectivity index (χ2v) is 11.2. The minimum absolute atomic E-state index is 0.0177. The Morgan fingerprint density at radius 1 is 0.956 bits per heavy atom. The molecule has 3 heterocycles. The molecule has 0 bridgehead atoms. The van der Waals surface area contributed by atoms with Crippen molar-refractivity contribution in [2.24, 2.45) is 11.8 Å². The third-order valence-corrected chi connectivity index (χ3v) is 8.00. The molecule has 4 N–H and O–H groups in total. The Kier molecular flexibility index (Phi) is 10.2. The lowest BCUT2D eigenvalue weighted by atomic mass is 9.94. The quantitative estimate of drug-likeness (QED) is 0.200. The number of amides is 2. The summed E-state index contributed by atoms with van der Waals surface area (Å²) in [6.45, 7) is 2.57. The number of rotatable bonds is 9. The van der Waals surface area contributed by atoms with E-state index in [0.717, 1.165) is 32.0 Å². The van der Waals surface area contributed by atoms with Gasteiger partial charge in [-0.2, -0.15) is 13.2 Å². The monoisotopic (exact) mass is 633 g/mol. The molecule has 2 aromatic carbocycles. The molecule has 1 aromatic heterocycles. The van der Waals surface area contributed by atoms with Crippen LogP contribution in [0.4, 0.5) is 23.2 Å². The smallest absolute Gasteiger partial charge is 0.403 e. The average Bonchev–Trinajstić information content (AvgIpc) is 3.03. The number of piperidine rings is 2. The zero-order valence-corrected chi connectivity index (χ0v) is 24.6. The molecule has 5 rings (SSSR count). The lowest BCUT2D eigenvalue weighted by Gasteiger charge is -2.31. The molecule has 2 aliphatic rings. The third kappa shape index (κ3) is 8.31. The molecule has 3 aromatic rings. The predicted octanol–water partition coefficient (Wildman–Crippen LogP) is 4.54. The highest BCUT2D eigenvalue weighted by atomic mass is 19.4. The van der Waals surface area contributed by atoms with Crippen LogP contribution in [0.5, 0.6) is 23.0 Å². The number of ether oxygens (including phenoxy) is 3. The summed E-state index contributed by atoms with van der Waals surface area (Å²) in [4.78, 5) is 29.0. The SMILES string of the molecule is COc1cc2c(Oc3ccc(NC(=O)C(=O)NCC4CCC(C(F)(F)F)NC4)cc3F)ccnc2cc1OCC1CCNCC1. The van der Waals surface area contributed by atoms with Gasteiger partial charge in [-0.1, -0.05) is 0 Å². The number of carbonyl (C=O) groups excluding carboxylic acids is 2. The average molecular weight is 634 g/mol. The van der Waals surface area contributed by atoms with Crippen molar-refractivity contribution in [1.29, 1.82) is 0 Å². The van der Waals surface area contributed by atoms with Gasteiger partial charge in [0.05, 0.1) is 19.2 Å². The molecule has 2 saturated heterocycles. The number of methoxy groups -OCH3 is 1. The molecule has 2 amide bonds. The summed E-state index contributed by atoms with van der Waals surface area (Å²) < 4.78 is 71.0. The molecule has 2 aliphatic heterocycles. The van der Waals surface area contributed by atoms with Crippen molar-refractivity contribution in [3.8, 4) is 23.0 Å². The second kappa shape index (κ2) is 14.3. The first-order valence-electron chi connectivity index (χ1n) is 14.8. The Morgan fingerprint density at radius 2 is 1.76 bits per heavy atom. The van der Waals surface area contributed by atoms with Crippen LogP contribution in [-0.2, 0) is 9.59 Å². The Morgan fingerprint density at radius 3 is 2.44 bits per heavy atom. The van der Waals surface area contributed by atoms with Gasteiger partial charge in [-0.15, -0.1) is 0 Å². The van der Waals surface area contributed by atoms with Crippen LogP contribution in [-0.4, -0.2) is 68.9 Å². The second-order valence-electron chi connectivity index (χ2n) is 11.2.